The molecule has 2 saturated heterocycles. The summed E-state index contributed by atoms with van der Waals surface area (Å²) in [7, 11) is 0. The van der Waals surface area contributed by atoms with Crippen LogP contribution in [0.1, 0.15) is 86.0 Å². The number of carbonyl (C=O) groups is 10. The van der Waals surface area contributed by atoms with Crippen LogP contribution in [0.4, 0.5) is 0 Å². The van der Waals surface area contributed by atoms with Gasteiger partial charge in [0.05, 0.1) is 19.1 Å². The number of aliphatic hydroxyl groups is 1. The molecule has 0 saturated carbocycles. The summed E-state index contributed by atoms with van der Waals surface area (Å²) in [6, 6.07) is -11.1. The number of carbonyl (C=O) groups excluding carboxylic acids is 8. The molecule has 64 heavy (non-hydrogen) atoms. The van der Waals surface area contributed by atoms with E-state index in [0.717, 1.165) is 0 Å². The predicted molar refractivity (Wildman–Crippen MR) is 237 cm³/mol. The summed E-state index contributed by atoms with van der Waals surface area (Å²) in [4.78, 5) is 133. The van der Waals surface area contributed by atoms with E-state index < -0.39 is 138 Å². The molecule has 0 aromatic carbocycles. The number of carboxylic acid groups (broad SMARTS) is 2. The predicted octanol–water partition coefficient (Wildman–Crippen LogP) is -2.45. The van der Waals surface area contributed by atoms with Crippen LogP contribution in [-0.4, -0.2) is 176 Å². The number of thioether (sulfide) groups is 1. The van der Waals surface area contributed by atoms with Crippen LogP contribution in [-0.2, 0) is 47.9 Å². The van der Waals surface area contributed by atoms with Crippen molar-refractivity contribution in [3.8, 4) is 0 Å². The number of carboxylic acids is 2. The number of nitrogens with one attached hydrogen (secondary N) is 6. The summed E-state index contributed by atoms with van der Waals surface area (Å²) in [5, 5.41) is 43.8. The van der Waals surface area contributed by atoms with Crippen molar-refractivity contribution in [2.75, 3.05) is 37.5 Å². The summed E-state index contributed by atoms with van der Waals surface area (Å²) < 4.78 is 0. The van der Waals surface area contributed by atoms with Crippen molar-refractivity contribution in [2.24, 2.45) is 17.6 Å². The third-order valence-corrected chi connectivity index (χ3v) is 12.6. The van der Waals surface area contributed by atoms with Crippen molar-refractivity contribution >= 4 is 83.6 Å². The second kappa shape index (κ2) is 27.0. The molecule has 2 fully saturated rings. The number of nitrogens with two attached hydrogens (primary N) is 1. The van der Waals surface area contributed by atoms with E-state index in [1.165, 1.54) is 28.5 Å². The Balaban J connectivity index is 2.22. The minimum absolute atomic E-state index is 0.0901. The van der Waals surface area contributed by atoms with Gasteiger partial charge in [0, 0.05) is 18.8 Å². The Morgan fingerprint density at radius 2 is 1.16 bits per heavy atom. The fourth-order valence-corrected chi connectivity index (χ4v) is 7.94. The van der Waals surface area contributed by atoms with Crippen molar-refractivity contribution < 1.29 is 63.3 Å². The van der Waals surface area contributed by atoms with Gasteiger partial charge in [-0.1, -0.05) is 40.5 Å². The Hall–Kier alpha value is -4.68. The fourth-order valence-electron chi connectivity index (χ4n) is 7.22. The van der Waals surface area contributed by atoms with E-state index in [0.29, 0.717) is 31.4 Å². The number of likely N-dealkylation sites (tertiary alicyclic amines) is 2. The highest BCUT2D eigenvalue weighted by atomic mass is 32.2. The van der Waals surface area contributed by atoms with Crippen LogP contribution in [0.2, 0.25) is 0 Å². The van der Waals surface area contributed by atoms with Gasteiger partial charge < -0.3 is 62.8 Å². The van der Waals surface area contributed by atoms with Gasteiger partial charge in [0.2, 0.25) is 47.3 Å². The van der Waals surface area contributed by atoms with Gasteiger partial charge in [0.1, 0.15) is 48.3 Å². The van der Waals surface area contributed by atoms with Gasteiger partial charge in [0.25, 0.3) is 0 Å². The molecule has 2 heterocycles. The zero-order valence-corrected chi connectivity index (χ0v) is 39.0. The molecule has 362 valence electrons. The standard InChI is InChI=1S/C40H67N9O13S2/c1-7-20(3)30(46-32(53)22(5)42-33(54)23(41)17-29(51)52)38(59)48-14-9-11-27(48)36(57)43-24(13-16-64-6)34(55)44-25(18-50)35(56)47-31(21(4)8-2)39(60)49-15-10-12-28(49)37(58)45-26(19-63)40(61)62/h20-28,30-31,50,63H,7-19,41H2,1-6H3,(H,42,54)(H,43,57)(H,44,55)(H,45,58)(H,46,53)(H,47,56)(H,51,52)(H,61,62). The zero-order chi connectivity index (χ0) is 48.4. The minimum atomic E-state index is -1.57. The monoisotopic (exact) mass is 945 g/mol. The van der Waals surface area contributed by atoms with Gasteiger partial charge in [-0.15, -0.1) is 0 Å². The summed E-state index contributed by atoms with van der Waals surface area (Å²) in [5.41, 5.74) is 5.61. The molecule has 0 bridgehead atoms. The molecular weight excluding hydrogens is 879 g/mol. The van der Waals surface area contributed by atoms with Crippen molar-refractivity contribution in [3.63, 3.8) is 0 Å². The second-order valence-corrected chi connectivity index (χ2v) is 17.6. The maximum atomic E-state index is 14.1. The molecule has 2 aliphatic heterocycles. The molecule has 11 atom stereocenters. The van der Waals surface area contributed by atoms with Crippen LogP contribution in [0.3, 0.4) is 0 Å². The second-order valence-electron chi connectivity index (χ2n) is 16.2. The smallest absolute Gasteiger partial charge is 0.327 e. The number of amides is 8. The molecule has 24 heteroatoms. The number of rotatable bonds is 26. The number of hydrogen-bond donors (Lipinski definition) is 11. The molecule has 2 aliphatic rings. The maximum absolute atomic E-state index is 14.1. The summed E-state index contributed by atoms with van der Waals surface area (Å²) >= 11 is 5.35. The van der Waals surface area contributed by atoms with E-state index in [9.17, 15) is 58.2 Å². The van der Waals surface area contributed by atoms with E-state index in [4.69, 9.17) is 10.8 Å². The average molecular weight is 946 g/mol. The van der Waals surface area contributed by atoms with E-state index in [-0.39, 0.29) is 38.1 Å². The number of thiol groups is 1. The Morgan fingerprint density at radius 3 is 1.58 bits per heavy atom. The van der Waals surface area contributed by atoms with Crippen LogP contribution < -0.4 is 37.6 Å². The largest absolute Gasteiger partial charge is 0.481 e. The molecule has 8 amide bonds. The first-order valence-corrected chi connectivity index (χ1v) is 23.5. The van der Waals surface area contributed by atoms with Gasteiger partial charge in [0.15, 0.2) is 0 Å². The molecular formula is C40H67N9O13S2. The zero-order valence-electron chi connectivity index (χ0n) is 37.3. The molecule has 0 radical (unpaired) electrons. The summed E-state index contributed by atoms with van der Waals surface area (Å²) in [5.74, 6) is -9.16. The molecule has 0 aliphatic carbocycles. The van der Waals surface area contributed by atoms with Gasteiger partial charge in [-0.3, -0.25) is 43.2 Å². The van der Waals surface area contributed by atoms with E-state index in [1.807, 2.05) is 0 Å². The molecule has 11 N–H and O–H groups in total. The van der Waals surface area contributed by atoms with Gasteiger partial charge >= 0.3 is 11.9 Å². The third kappa shape index (κ3) is 15.8. The van der Waals surface area contributed by atoms with Crippen molar-refractivity contribution in [2.45, 2.75) is 140 Å². The lowest BCUT2D eigenvalue weighted by atomic mass is 9.96. The van der Waals surface area contributed by atoms with Gasteiger partial charge in [-0.25, -0.2) is 4.79 Å². The first-order valence-electron chi connectivity index (χ1n) is 21.5. The average Bonchev–Trinajstić information content (AvgIpc) is 3.97. The SMILES string of the molecule is CCC(C)C(NC(=O)C(C)NC(=O)C(N)CC(=O)O)C(=O)N1CCCC1C(=O)NC(CCSC)C(=O)NC(CO)C(=O)NC(C(=O)N1CCCC1C(=O)NC(CS)C(=O)O)C(C)CC. The van der Waals surface area contributed by atoms with Crippen molar-refractivity contribution in [1.29, 1.82) is 0 Å². The lowest BCUT2D eigenvalue weighted by molar-refractivity contribution is -0.145. The Morgan fingerprint density at radius 1 is 0.688 bits per heavy atom. The van der Waals surface area contributed by atoms with Crippen LogP contribution in [0.15, 0.2) is 0 Å². The van der Waals surface area contributed by atoms with E-state index in [1.54, 1.807) is 34.0 Å². The lowest BCUT2D eigenvalue weighted by Gasteiger charge is -2.33. The minimum Gasteiger partial charge on any atom is -0.481 e. The first kappa shape index (κ1) is 55.5. The normalized spacial score (nSPS) is 20.2. The number of aliphatic carboxylic acids is 2. The van der Waals surface area contributed by atoms with Crippen LogP contribution >= 0.6 is 24.4 Å². The van der Waals surface area contributed by atoms with Crippen molar-refractivity contribution in [1.82, 2.24) is 41.7 Å². The summed E-state index contributed by atoms with van der Waals surface area (Å²) in [6.07, 6.45) is 3.41. The van der Waals surface area contributed by atoms with E-state index in [2.05, 4.69) is 44.5 Å². The number of aliphatic hydroxyl groups excluding tert-OH is 1. The quantitative estimate of drug-likeness (QED) is 0.0401. The maximum Gasteiger partial charge on any atom is 0.327 e. The van der Waals surface area contributed by atoms with Crippen molar-refractivity contribution in [3.05, 3.63) is 0 Å². The van der Waals surface area contributed by atoms with Crippen LogP contribution in [0, 0.1) is 11.8 Å². The van der Waals surface area contributed by atoms with Gasteiger partial charge in [-0.2, -0.15) is 24.4 Å². The molecule has 22 nitrogen and oxygen atoms in total. The topological polar surface area (TPSA) is 336 Å². The molecule has 0 aromatic rings. The first-order chi connectivity index (χ1) is 30.2. The number of nitrogens with zero attached hydrogens (tertiary/aromatic N) is 2. The van der Waals surface area contributed by atoms with E-state index >= 15 is 0 Å². The molecule has 0 aromatic heterocycles. The lowest BCUT2D eigenvalue weighted by Crippen LogP contribution is -2.61. The highest BCUT2D eigenvalue weighted by Gasteiger charge is 2.43. The van der Waals surface area contributed by atoms with Crippen LogP contribution in [0.5, 0.6) is 0 Å². The summed E-state index contributed by atoms with van der Waals surface area (Å²) in [6.45, 7) is 7.79. The molecule has 0 spiro atoms. The Kier molecular flexibility index (Phi) is 23.4. The number of hydrogen-bond acceptors (Lipinski definition) is 14. The molecule has 2 rings (SSSR count). The highest BCUT2D eigenvalue weighted by Crippen LogP contribution is 2.24. The molecule has 11 unspecified atom stereocenters. The van der Waals surface area contributed by atoms with Gasteiger partial charge in [-0.05, 0) is 62.9 Å². The Labute approximate surface area is 382 Å². The highest BCUT2D eigenvalue weighted by molar-refractivity contribution is 7.98. The fraction of sp³-hybridized carbons (Fsp3) is 0.750. The van der Waals surface area contributed by atoms with Crippen LogP contribution in [0.25, 0.3) is 0 Å². The third-order valence-electron chi connectivity index (χ3n) is 11.6. The Bertz CT molecular complexity index is 1690.